The summed E-state index contributed by atoms with van der Waals surface area (Å²) in [6, 6.07) is 0. The van der Waals surface area contributed by atoms with Crippen LogP contribution in [0.5, 0.6) is 0 Å². The van der Waals surface area contributed by atoms with Crippen LogP contribution in [0.2, 0.25) is 0 Å². The first-order chi connectivity index (χ1) is 39.0. The normalized spacial score (nSPS) is 12.1. The van der Waals surface area contributed by atoms with Gasteiger partial charge in [-0.2, -0.15) is 0 Å². The lowest BCUT2D eigenvalue weighted by Crippen LogP contribution is -2.30. The van der Waals surface area contributed by atoms with E-state index in [0.717, 1.165) is 57.8 Å². The van der Waals surface area contributed by atoms with Crippen LogP contribution < -0.4 is 0 Å². The van der Waals surface area contributed by atoms with Crippen LogP contribution in [-0.2, 0) is 28.6 Å². The van der Waals surface area contributed by atoms with Gasteiger partial charge in [-0.15, -0.1) is 0 Å². The maximum atomic E-state index is 12.9. The van der Waals surface area contributed by atoms with Crippen molar-refractivity contribution in [2.45, 2.75) is 412 Å². The highest BCUT2D eigenvalue weighted by atomic mass is 16.6. The molecule has 0 spiro atoms. The molecule has 6 heteroatoms. The van der Waals surface area contributed by atoms with Crippen molar-refractivity contribution in [2.75, 3.05) is 13.2 Å². The van der Waals surface area contributed by atoms with Gasteiger partial charge in [-0.05, 0) is 70.6 Å². The second-order valence-corrected chi connectivity index (χ2v) is 24.5. The van der Waals surface area contributed by atoms with E-state index in [4.69, 9.17) is 14.2 Å². The van der Waals surface area contributed by atoms with E-state index in [2.05, 4.69) is 45.1 Å². The molecule has 0 aromatic carbocycles. The molecule has 0 saturated heterocycles. The maximum Gasteiger partial charge on any atom is 0.306 e. The molecule has 0 saturated carbocycles. The van der Waals surface area contributed by atoms with Crippen molar-refractivity contribution in [1.82, 2.24) is 0 Å². The van der Waals surface area contributed by atoms with E-state index in [0.29, 0.717) is 19.3 Å². The molecule has 79 heavy (non-hydrogen) atoms. The van der Waals surface area contributed by atoms with E-state index in [-0.39, 0.29) is 31.1 Å². The van der Waals surface area contributed by atoms with Crippen LogP contribution in [-0.4, -0.2) is 37.2 Å². The molecule has 0 heterocycles. The van der Waals surface area contributed by atoms with Crippen LogP contribution in [0.15, 0.2) is 24.3 Å². The molecule has 0 N–H and O–H groups in total. The molecule has 0 aliphatic carbocycles. The molecule has 0 aromatic rings. The van der Waals surface area contributed by atoms with Gasteiger partial charge in [-0.3, -0.25) is 14.4 Å². The van der Waals surface area contributed by atoms with Crippen LogP contribution >= 0.6 is 0 Å². The summed E-state index contributed by atoms with van der Waals surface area (Å²) in [6.45, 7) is 6.71. The van der Waals surface area contributed by atoms with E-state index in [1.54, 1.807) is 0 Å². The molecule has 1 unspecified atom stereocenters. The summed E-state index contributed by atoms with van der Waals surface area (Å²) in [5.41, 5.74) is 0. The molecule has 0 fully saturated rings. The molecule has 0 rings (SSSR count). The Hall–Kier alpha value is -2.11. The quantitative estimate of drug-likeness (QED) is 0.0261. The van der Waals surface area contributed by atoms with Crippen molar-refractivity contribution in [2.24, 2.45) is 0 Å². The monoisotopic (exact) mass is 1110 g/mol. The molecule has 0 amide bonds. The molecule has 0 aliphatic heterocycles. The number of ether oxygens (including phenoxy) is 3. The van der Waals surface area contributed by atoms with Crippen molar-refractivity contribution in [3.05, 3.63) is 24.3 Å². The molecule has 466 valence electrons. The molecule has 0 aromatic heterocycles. The SMILES string of the molecule is CCCCCCCCCC/C=C\CCCCCCCCCCCCCCCCCCCC(=O)OCC(COC(=O)CCCCCCCCCCCCC)OC(=O)CCCCCCCCCCC/C=C\CCCCCCCCCC. The number of allylic oxidation sites excluding steroid dienone is 4. The maximum absolute atomic E-state index is 12.9. The average Bonchev–Trinajstić information content (AvgIpc) is 3.45. The lowest BCUT2D eigenvalue weighted by atomic mass is 10.0. The third kappa shape index (κ3) is 66.6. The van der Waals surface area contributed by atoms with E-state index in [1.165, 1.54) is 308 Å². The Balaban J connectivity index is 4.14. The third-order valence-electron chi connectivity index (χ3n) is 16.4. The van der Waals surface area contributed by atoms with E-state index < -0.39 is 6.10 Å². The number of rotatable bonds is 67. The van der Waals surface area contributed by atoms with Gasteiger partial charge in [-0.25, -0.2) is 0 Å². The van der Waals surface area contributed by atoms with Crippen LogP contribution in [0.3, 0.4) is 0 Å². The molecule has 0 bridgehead atoms. The largest absolute Gasteiger partial charge is 0.462 e. The first kappa shape index (κ1) is 76.9. The summed E-state index contributed by atoms with van der Waals surface area (Å²) >= 11 is 0. The predicted molar refractivity (Wildman–Crippen MR) is 344 cm³/mol. The van der Waals surface area contributed by atoms with Crippen molar-refractivity contribution >= 4 is 17.9 Å². The molecular formula is C73H138O6. The van der Waals surface area contributed by atoms with Crippen LogP contribution in [0.1, 0.15) is 406 Å². The standard InChI is InChI=1S/C73H138O6/c1-4-7-10-13-16-19-22-24-26-28-30-32-33-34-35-36-37-38-39-41-42-44-46-48-51-54-57-60-63-66-72(75)78-69-70(68-77-71(74)65-62-59-56-53-50-21-18-15-12-9-6-3)79-73(76)67-64-61-58-55-52-49-47-45-43-40-31-29-27-25-23-20-17-14-11-8-5-2/h28-31,70H,4-27,32-69H2,1-3H3/b30-28-,31-29-. The molecule has 6 nitrogen and oxygen atoms in total. The summed E-state index contributed by atoms with van der Waals surface area (Å²) < 4.78 is 17.0. The third-order valence-corrected chi connectivity index (χ3v) is 16.4. The van der Waals surface area contributed by atoms with Gasteiger partial charge in [-0.1, -0.05) is 340 Å². The van der Waals surface area contributed by atoms with Gasteiger partial charge in [0.25, 0.3) is 0 Å². The highest BCUT2D eigenvalue weighted by Gasteiger charge is 2.19. The van der Waals surface area contributed by atoms with Crippen molar-refractivity contribution in [1.29, 1.82) is 0 Å². The van der Waals surface area contributed by atoms with Crippen molar-refractivity contribution in [3.63, 3.8) is 0 Å². The zero-order valence-electron chi connectivity index (χ0n) is 53.7. The van der Waals surface area contributed by atoms with Crippen molar-refractivity contribution in [3.8, 4) is 0 Å². The Morgan fingerprint density at radius 1 is 0.241 bits per heavy atom. The van der Waals surface area contributed by atoms with Crippen LogP contribution in [0.4, 0.5) is 0 Å². The lowest BCUT2D eigenvalue weighted by molar-refractivity contribution is -0.167. The topological polar surface area (TPSA) is 78.9 Å². The smallest absolute Gasteiger partial charge is 0.306 e. The number of hydrogen-bond acceptors (Lipinski definition) is 6. The number of unbranched alkanes of at least 4 members (excludes halogenated alkanes) is 52. The fourth-order valence-corrected chi connectivity index (χ4v) is 11.0. The minimum Gasteiger partial charge on any atom is -0.462 e. The minimum atomic E-state index is -0.769. The second-order valence-electron chi connectivity index (χ2n) is 24.5. The Bertz CT molecular complexity index is 1270. The summed E-state index contributed by atoms with van der Waals surface area (Å²) in [4.78, 5) is 38.4. The second kappa shape index (κ2) is 68.4. The Morgan fingerprint density at radius 2 is 0.418 bits per heavy atom. The average molecular weight is 1110 g/mol. The highest BCUT2D eigenvalue weighted by Crippen LogP contribution is 2.19. The minimum absolute atomic E-state index is 0.0658. The number of hydrogen-bond donors (Lipinski definition) is 0. The molecular weight excluding hydrogens is 973 g/mol. The number of esters is 3. The zero-order valence-corrected chi connectivity index (χ0v) is 53.7. The predicted octanol–water partition coefficient (Wildman–Crippen LogP) is 24.6. The van der Waals surface area contributed by atoms with Gasteiger partial charge in [0, 0.05) is 19.3 Å². The number of carbonyl (C=O) groups is 3. The molecule has 0 aliphatic rings. The van der Waals surface area contributed by atoms with Crippen LogP contribution in [0.25, 0.3) is 0 Å². The van der Waals surface area contributed by atoms with Gasteiger partial charge in [0.15, 0.2) is 6.10 Å². The van der Waals surface area contributed by atoms with E-state index >= 15 is 0 Å². The highest BCUT2D eigenvalue weighted by molar-refractivity contribution is 5.71. The summed E-state index contributed by atoms with van der Waals surface area (Å²) in [5.74, 6) is -0.838. The van der Waals surface area contributed by atoms with Crippen molar-refractivity contribution < 1.29 is 28.6 Å². The fourth-order valence-electron chi connectivity index (χ4n) is 11.0. The Kier molecular flexibility index (Phi) is 66.6. The molecule has 0 radical (unpaired) electrons. The Labute approximate surface area is 493 Å². The Morgan fingerprint density at radius 3 is 0.633 bits per heavy atom. The summed E-state index contributed by atoms with van der Waals surface area (Å²) in [7, 11) is 0. The zero-order chi connectivity index (χ0) is 57.1. The number of carbonyl (C=O) groups excluding carboxylic acids is 3. The van der Waals surface area contributed by atoms with Gasteiger partial charge < -0.3 is 14.2 Å². The summed E-state index contributed by atoms with van der Waals surface area (Å²) in [6.07, 6.45) is 83.6. The summed E-state index contributed by atoms with van der Waals surface area (Å²) in [5, 5.41) is 0. The fraction of sp³-hybridized carbons (Fsp3) is 0.904. The van der Waals surface area contributed by atoms with Gasteiger partial charge in [0.05, 0.1) is 0 Å². The van der Waals surface area contributed by atoms with Crippen LogP contribution in [0, 0.1) is 0 Å². The van der Waals surface area contributed by atoms with Gasteiger partial charge in [0.1, 0.15) is 13.2 Å². The first-order valence-corrected chi connectivity index (χ1v) is 35.8. The van der Waals surface area contributed by atoms with Gasteiger partial charge >= 0.3 is 17.9 Å². The molecule has 1 atom stereocenters. The first-order valence-electron chi connectivity index (χ1n) is 35.8. The van der Waals surface area contributed by atoms with E-state index in [9.17, 15) is 14.4 Å². The van der Waals surface area contributed by atoms with Gasteiger partial charge in [0.2, 0.25) is 0 Å². The van der Waals surface area contributed by atoms with E-state index in [1.807, 2.05) is 0 Å². The lowest BCUT2D eigenvalue weighted by Gasteiger charge is -2.18.